The first-order chi connectivity index (χ1) is 10.2. The highest BCUT2D eigenvalue weighted by atomic mass is 16.4. The third-order valence-corrected chi connectivity index (χ3v) is 4.32. The maximum absolute atomic E-state index is 11.0. The second kappa shape index (κ2) is 5.74. The molecule has 1 saturated heterocycles. The van der Waals surface area contributed by atoms with E-state index in [1.807, 2.05) is 12.1 Å². The van der Waals surface area contributed by atoms with Crippen molar-refractivity contribution in [1.29, 1.82) is 0 Å². The van der Waals surface area contributed by atoms with Crippen LogP contribution in [0.25, 0.3) is 10.9 Å². The second-order valence-corrected chi connectivity index (χ2v) is 5.70. The molecule has 0 spiro atoms. The van der Waals surface area contributed by atoms with Crippen molar-refractivity contribution in [3.8, 4) is 0 Å². The van der Waals surface area contributed by atoms with Gasteiger partial charge >= 0.3 is 5.97 Å². The fraction of sp³-hybridized carbons (Fsp3) is 0.353. The molecule has 1 aliphatic rings. The number of aromatic amines is 1. The highest BCUT2D eigenvalue weighted by molar-refractivity contribution is 5.93. The van der Waals surface area contributed by atoms with Crippen LogP contribution in [0, 0.1) is 0 Å². The van der Waals surface area contributed by atoms with Gasteiger partial charge in [-0.15, -0.1) is 6.58 Å². The van der Waals surface area contributed by atoms with Crippen LogP contribution in [-0.2, 0) is 0 Å². The smallest absolute Gasteiger partial charge is 0.352 e. The molecule has 2 heterocycles. The summed E-state index contributed by atoms with van der Waals surface area (Å²) in [4.78, 5) is 16.4. The topological polar surface area (TPSA) is 56.3 Å². The number of rotatable bonds is 4. The van der Waals surface area contributed by atoms with Gasteiger partial charge in [0.25, 0.3) is 0 Å². The minimum atomic E-state index is -0.912. The molecule has 21 heavy (non-hydrogen) atoms. The van der Waals surface area contributed by atoms with Crippen molar-refractivity contribution < 1.29 is 9.90 Å². The lowest BCUT2D eigenvalue weighted by Crippen LogP contribution is -2.32. The molecular weight excluding hydrogens is 264 g/mol. The SMILES string of the molecule is C=CCN1CCC(c2ccc3[nH]c(C(=O)O)cc3c2)CC1. The monoisotopic (exact) mass is 284 g/mol. The zero-order valence-electron chi connectivity index (χ0n) is 12.0. The summed E-state index contributed by atoms with van der Waals surface area (Å²) in [5, 5.41) is 10.0. The van der Waals surface area contributed by atoms with Crippen LogP contribution in [0.15, 0.2) is 36.9 Å². The lowest BCUT2D eigenvalue weighted by Gasteiger charge is -2.31. The third-order valence-electron chi connectivity index (χ3n) is 4.32. The molecule has 0 unspecified atom stereocenters. The first-order valence-electron chi connectivity index (χ1n) is 7.36. The molecule has 0 aliphatic carbocycles. The Hall–Kier alpha value is -2.07. The fourth-order valence-electron chi connectivity index (χ4n) is 3.15. The molecule has 1 aromatic carbocycles. The first kappa shape index (κ1) is 13.9. The minimum Gasteiger partial charge on any atom is -0.477 e. The maximum Gasteiger partial charge on any atom is 0.352 e. The summed E-state index contributed by atoms with van der Waals surface area (Å²) < 4.78 is 0. The number of fused-ring (bicyclic) bond motifs is 1. The molecule has 1 aromatic heterocycles. The number of hydrogen-bond donors (Lipinski definition) is 2. The summed E-state index contributed by atoms with van der Waals surface area (Å²) in [6.45, 7) is 6.95. The fourth-order valence-corrected chi connectivity index (χ4v) is 3.15. The molecule has 1 fully saturated rings. The Morgan fingerprint density at radius 2 is 2.14 bits per heavy atom. The lowest BCUT2D eigenvalue weighted by atomic mass is 9.89. The van der Waals surface area contributed by atoms with Crippen molar-refractivity contribution in [2.45, 2.75) is 18.8 Å². The molecule has 110 valence electrons. The van der Waals surface area contributed by atoms with Gasteiger partial charge in [0, 0.05) is 17.4 Å². The molecule has 0 atom stereocenters. The number of piperidine rings is 1. The van der Waals surface area contributed by atoms with E-state index in [-0.39, 0.29) is 5.69 Å². The maximum atomic E-state index is 11.0. The van der Waals surface area contributed by atoms with Crippen LogP contribution in [0.5, 0.6) is 0 Å². The molecular formula is C17H20N2O2. The number of likely N-dealkylation sites (tertiary alicyclic amines) is 1. The summed E-state index contributed by atoms with van der Waals surface area (Å²) in [5.41, 5.74) is 2.46. The molecule has 0 radical (unpaired) electrons. The van der Waals surface area contributed by atoms with Crippen LogP contribution < -0.4 is 0 Å². The van der Waals surface area contributed by atoms with Crippen molar-refractivity contribution in [2.75, 3.05) is 19.6 Å². The number of nitrogens with zero attached hydrogens (tertiary/aromatic N) is 1. The molecule has 3 rings (SSSR count). The normalized spacial score (nSPS) is 17.1. The van der Waals surface area contributed by atoms with Crippen molar-refractivity contribution in [3.05, 3.63) is 48.2 Å². The Balaban J connectivity index is 1.78. The average molecular weight is 284 g/mol. The van der Waals surface area contributed by atoms with Gasteiger partial charge in [0.05, 0.1) is 0 Å². The highest BCUT2D eigenvalue weighted by Gasteiger charge is 2.20. The number of carboxylic acids is 1. The van der Waals surface area contributed by atoms with E-state index >= 15 is 0 Å². The Bertz CT molecular complexity index is 666. The van der Waals surface area contributed by atoms with E-state index in [0.29, 0.717) is 5.92 Å². The average Bonchev–Trinajstić information content (AvgIpc) is 2.91. The van der Waals surface area contributed by atoms with Gasteiger partial charge in [-0.3, -0.25) is 4.90 Å². The summed E-state index contributed by atoms with van der Waals surface area (Å²) in [5.74, 6) is -0.343. The van der Waals surface area contributed by atoms with E-state index in [1.165, 1.54) is 5.56 Å². The zero-order chi connectivity index (χ0) is 14.8. The lowest BCUT2D eigenvalue weighted by molar-refractivity contribution is 0.0691. The van der Waals surface area contributed by atoms with Crippen molar-refractivity contribution >= 4 is 16.9 Å². The first-order valence-corrected chi connectivity index (χ1v) is 7.36. The van der Waals surface area contributed by atoms with Gasteiger partial charge in [-0.25, -0.2) is 4.79 Å². The molecule has 2 N–H and O–H groups in total. The highest BCUT2D eigenvalue weighted by Crippen LogP contribution is 2.30. The van der Waals surface area contributed by atoms with Gasteiger partial charge in [0.1, 0.15) is 5.69 Å². The summed E-state index contributed by atoms with van der Waals surface area (Å²) in [6.07, 6.45) is 4.25. The van der Waals surface area contributed by atoms with Gasteiger partial charge in [-0.05, 0) is 55.6 Å². The second-order valence-electron chi connectivity index (χ2n) is 5.70. The van der Waals surface area contributed by atoms with Gasteiger partial charge < -0.3 is 10.1 Å². The Labute approximate surface area is 124 Å². The summed E-state index contributed by atoms with van der Waals surface area (Å²) in [7, 11) is 0. The standard InChI is InChI=1S/C17H20N2O2/c1-2-7-19-8-5-12(6-9-19)13-3-4-15-14(10-13)11-16(18-15)17(20)21/h2-4,10-12,18H,1,5-9H2,(H,20,21). The number of carbonyl (C=O) groups is 1. The number of carboxylic acid groups (broad SMARTS) is 1. The van der Waals surface area contributed by atoms with Crippen molar-refractivity contribution in [1.82, 2.24) is 9.88 Å². The molecule has 0 bridgehead atoms. The zero-order valence-corrected chi connectivity index (χ0v) is 12.0. The van der Waals surface area contributed by atoms with Gasteiger partial charge in [0.2, 0.25) is 0 Å². The molecule has 4 heteroatoms. The molecule has 0 saturated carbocycles. The van der Waals surface area contributed by atoms with E-state index in [9.17, 15) is 4.79 Å². The van der Waals surface area contributed by atoms with Crippen molar-refractivity contribution in [3.63, 3.8) is 0 Å². The largest absolute Gasteiger partial charge is 0.477 e. The van der Waals surface area contributed by atoms with Crippen LogP contribution in [0.3, 0.4) is 0 Å². The minimum absolute atomic E-state index is 0.253. The summed E-state index contributed by atoms with van der Waals surface area (Å²) >= 11 is 0. The van der Waals surface area contributed by atoms with Crippen LogP contribution in [0.4, 0.5) is 0 Å². The van der Waals surface area contributed by atoms with Crippen LogP contribution in [-0.4, -0.2) is 40.6 Å². The third kappa shape index (κ3) is 2.85. The van der Waals surface area contributed by atoms with Gasteiger partial charge in [-0.1, -0.05) is 12.1 Å². The number of hydrogen-bond acceptors (Lipinski definition) is 2. The Morgan fingerprint density at radius 3 is 2.81 bits per heavy atom. The van der Waals surface area contributed by atoms with Gasteiger partial charge in [-0.2, -0.15) is 0 Å². The van der Waals surface area contributed by atoms with E-state index in [2.05, 4.69) is 28.6 Å². The van der Waals surface area contributed by atoms with Crippen LogP contribution >= 0.6 is 0 Å². The quantitative estimate of drug-likeness (QED) is 0.847. The van der Waals surface area contributed by atoms with E-state index < -0.39 is 5.97 Å². The number of aromatic carboxylic acids is 1. The van der Waals surface area contributed by atoms with E-state index in [4.69, 9.17) is 5.11 Å². The predicted octanol–water partition coefficient (Wildman–Crippen LogP) is 3.23. The summed E-state index contributed by atoms with van der Waals surface area (Å²) in [6, 6.07) is 7.96. The predicted molar refractivity (Wildman–Crippen MR) is 83.9 cm³/mol. The number of nitrogens with one attached hydrogen (secondary N) is 1. The molecule has 0 amide bonds. The molecule has 4 nitrogen and oxygen atoms in total. The van der Waals surface area contributed by atoms with Gasteiger partial charge in [0.15, 0.2) is 0 Å². The Kier molecular flexibility index (Phi) is 3.80. The number of H-pyrrole nitrogens is 1. The molecule has 1 aliphatic heterocycles. The van der Waals surface area contributed by atoms with E-state index in [0.717, 1.165) is 43.4 Å². The Morgan fingerprint density at radius 1 is 1.38 bits per heavy atom. The number of aromatic nitrogens is 1. The molecule has 2 aromatic rings. The van der Waals surface area contributed by atoms with Crippen LogP contribution in [0.2, 0.25) is 0 Å². The van der Waals surface area contributed by atoms with Crippen LogP contribution in [0.1, 0.15) is 34.8 Å². The van der Waals surface area contributed by atoms with Crippen molar-refractivity contribution in [2.24, 2.45) is 0 Å². The van der Waals surface area contributed by atoms with E-state index in [1.54, 1.807) is 6.07 Å². The number of benzene rings is 1.